The number of aromatic nitrogens is 4. The summed E-state index contributed by atoms with van der Waals surface area (Å²) < 4.78 is 1.50. The summed E-state index contributed by atoms with van der Waals surface area (Å²) in [5.74, 6) is 1.27. The molecule has 6 nitrogen and oxygen atoms in total. The second-order valence-electron chi connectivity index (χ2n) is 4.27. The van der Waals surface area contributed by atoms with Crippen LogP contribution in [0.25, 0.3) is 0 Å². The molecule has 0 unspecified atom stereocenters. The number of hydrogen-bond donors (Lipinski definition) is 1. The van der Waals surface area contributed by atoms with Crippen LogP contribution in [-0.2, 0) is 7.05 Å². The minimum Gasteiger partial charge on any atom is -0.354 e. The first-order chi connectivity index (χ1) is 8.24. The van der Waals surface area contributed by atoms with Gasteiger partial charge in [0.2, 0.25) is 0 Å². The van der Waals surface area contributed by atoms with E-state index in [1.54, 1.807) is 31.7 Å². The standard InChI is InChI=1S/C11H13N5O/c1-15-11(17)4-9(14-15)8-6-16(7-8)10-5-12-2-3-13-10/h2-5,8,14H,6-7H2,1H3. The first-order valence-electron chi connectivity index (χ1n) is 5.51. The first-order valence-corrected chi connectivity index (χ1v) is 5.51. The fraction of sp³-hybridized carbons (Fsp3) is 0.364. The topological polar surface area (TPSA) is 66.8 Å². The van der Waals surface area contributed by atoms with Crippen LogP contribution >= 0.6 is 0 Å². The number of aromatic amines is 1. The van der Waals surface area contributed by atoms with Crippen LogP contribution in [0.15, 0.2) is 29.5 Å². The van der Waals surface area contributed by atoms with E-state index < -0.39 is 0 Å². The van der Waals surface area contributed by atoms with E-state index in [2.05, 4.69) is 20.0 Å². The molecular weight excluding hydrogens is 218 g/mol. The predicted octanol–water partition coefficient (Wildman–Crippen LogP) is 0.107. The Morgan fingerprint density at radius 2 is 2.24 bits per heavy atom. The molecule has 2 aromatic heterocycles. The minimum atomic E-state index is 0.0120. The summed E-state index contributed by atoms with van der Waals surface area (Å²) in [7, 11) is 1.73. The Kier molecular flexibility index (Phi) is 2.21. The molecule has 1 saturated heterocycles. The van der Waals surface area contributed by atoms with Gasteiger partial charge in [0.05, 0.1) is 6.20 Å². The summed E-state index contributed by atoms with van der Waals surface area (Å²) in [6.07, 6.45) is 5.10. The molecule has 0 atom stereocenters. The van der Waals surface area contributed by atoms with Crippen LogP contribution in [0, 0.1) is 0 Å². The maximum atomic E-state index is 11.3. The largest absolute Gasteiger partial charge is 0.354 e. The lowest BCUT2D eigenvalue weighted by Crippen LogP contribution is -2.45. The fourth-order valence-electron chi connectivity index (χ4n) is 2.04. The van der Waals surface area contributed by atoms with E-state index in [9.17, 15) is 4.79 Å². The van der Waals surface area contributed by atoms with Gasteiger partial charge in [-0.3, -0.25) is 19.6 Å². The van der Waals surface area contributed by atoms with Gasteiger partial charge in [-0.05, 0) is 0 Å². The Labute approximate surface area is 97.9 Å². The van der Waals surface area contributed by atoms with Crippen molar-refractivity contribution >= 4 is 5.82 Å². The van der Waals surface area contributed by atoms with Crippen LogP contribution in [-0.4, -0.2) is 32.8 Å². The van der Waals surface area contributed by atoms with Crippen LogP contribution in [0.2, 0.25) is 0 Å². The van der Waals surface area contributed by atoms with Gasteiger partial charge in [-0.15, -0.1) is 0 Å². The second-order valence-corrected chi connectivity index (χ2v) is 4.27. The monoisotopic (exact) mass is 231 g/mol. The number of anilines is 1. The zero-order valence-corrected chi connectivity index (χ0v) is 9.50. The SMILES string of the molecule is Cn1[nH]c(C2CN(c3cnccn3)C2)cc1=O. The Balaban J connectivity index is 1.71. The number of nitrogens with zero attached hydrogens (tertiary/aromatic N) is 4. The molecular formula is C11H13N5O. The van der Waals surface area contributed by atoms with Gasteiger partial charge in [0.1, 0.15) is 5.82 Å². The summed E-state index contributed by atoms with van der Waals surface area (Å²) in [6, 6.07) is 1.67. The Bertz CT molecular complexity index is 567. The van der Waals surface area contributed by atoms with Crippen molar-refractivity contribution in [3.63, 3.8) is 0 Å². The van der Waals surface area contributed by atoms with Crippen molar-refractivity contribution in [3.05, 3.63) is 40.7 Å². The van der Waals surface area contributed by atoms with E-state index >= 15 is 0 Å². The summed E-state index contributed by atoms with van der Waals surface area (Å²) in [6.45, 7) is 1.75. The minimum absolute atomic E-state index is 0.0120. The molecule has 1 N–H and O–H groups in total. The van der Waals surface area contributed by atoms with Gasteiger partial charge in [0.15, 0.2) is 0 Å². The molecule has 6 heteroatoms. The van der Waals surface area contributed by atoms with Crippen LogP contribution in [0.4, 0.5) is 5.82 Å². The lowest BCUT2D eigenvalue weighted by molar-refractivity contribution is 0.501. The first kappa shape index (κ1) is 10.1. The lowest BCUT2D eigenvalue weighted by atomic mass is 9.97. The molecule has 0 bridgehead atoms. The molecule has 0 spiro atoms. The molecule has 0 amide bonds. The van der Waals surface area contributed by atoms with E-state index in [4.69, 9.17) is 0 Å². The molecule has 3 heterocycles. The highest BCUT2D eigenvalue weighted by molar-refractivity contribution is 5.41. The van der Waals surface area contributed by atoms with Gasteiger partial charge in [-0.2, -0.15) is 0 Å². The molecule has 0 saturated carbocycles. The molecule has 17 heavy (non-hydrogen) atoms. The fourth-order valence-corrected chi connectivity index (χ4v) is 2.04. The quantitative estimate of drug-likeness (QED) is 0.796. The normalized spacial score (nSPS) is 15.9. The van der Waals surface area contributed by atoms with Gasteiger partial charge in [0, 0.05) is 50.2 Å². The summed E-state index contributed by atoms with van der Waals surface area (Å²) >= 11 is 0. The van der Waals surface area contributed by atoms with Crippen molar-refractivity contribution < 1.29 is 0 Å². The number of H-pyrrole nitrogens is 1. The third kappa shape index (κ3) is 1.71. The third-order valence-corrected chi connectivity index (χ3v) is 3.10. The maximum Gasteiger partial charge on any atom is 0.266 e. The van der Waals surface area contributed by atoms with Crippen molar-refractivity contribution in [2.24, 2.45) is 7.05 Å². The van der Waals surface area contributed by atoms with Gasteiger partial charge in [0.25, 0.3) is 5.56 Å². The van der Waals surface area contributed by atoms with Crippen molar-refractivity contribution in [1.29, 1.82) is 0 Å². The molecule has 1 fully saturated rings. The number of aryl methyl sites for hydroxylation is 1. The third-order valence-electron chi connectivity index (χ3n) is 3.10. The molecule has 1 aliphatic rings. The van der Waals surface area contributed by atoms with Gasteiger partial charge in [-0.25, -0.2) is 4.98 Å². The maximum absolute atomic E-state index is 11.3. The molecule has 2 aromatic rings. The van der Waals surface area contributed by atoms with Crippen LogP contribution < -0.4 is 10.5 Å². The zero-order valence-electron chi connectivity index (χ0n) is 9.50. The van der Waals surface area contributed by atoms with E-state index in [0.717, 1.165) is 24.6 Å². The zero-order chi connectivity index (χ0) is 11.8. The van der Waals surface area contributed by atoms with E-state index in [1.165, 1.54) is 4.68 Å². The Morgan fingerprint density at radius 1 is 1.41 bits per heavy atom. The van der Waals surface area contributed by atoms with Gasteiger partial charge < -0.3 is 4.90 Å². The molecule has 0 aromatic carbocycles. The van der Waals surface area contributed by atoms with Gasteiger partial charge in [-0.1, -0.05) is 0 Å². The number of nitrogens with one attached hydrogen (secondary N) is 1. The molecule has 3 rings (SSSR count). The van der Waals surface area contributed by atoms with E-state index in [0.29, 0.717) is 5.92 Å². The van der Waals surface area contributed by atoms with Crippen molar-refractivity contribution in [1.82, 2.24) is 19.7 Å². The summed E-state index contributed by atoms with van der Waals surface area (Å²) in [5, 5.41) is 3.06. The van der Waals surface area contributed by atoms with Gasteiger partial charge >= 0.3 is 0 Å². The van der Waals surface area contributed by atoms with Crippen LogP contribution in [0.1, 0.15) is 11.6 Å². The Hall–Kier alpha value is -2.11. The van der Waals surface area contributed by atoms with E-state index in [-0.39, 0.29) is 5.56 Å². The summed E-state index contributed by atoms with van der Waals surface area (Å²) in [4.78, 5) is 21.7. The number of hydrogen-bond acceptors (Lipinski definition) is 4. The Morgan fingerprint density at radius 3 is 2.82 bits per heavy atom. The highest BCUT2D eigenvalue weighted by Crippen LogP contribution is 2.28. The smallest absolute Gasteiger partial charge is 0.266 e. The van der Waals surface area contributed by atoms with Crippen molar-refractivity contribution in [2.75, 3.05) is 18.0 Å². The average Bonchev–Trinajstić information content (AvgIpc) is 2.58. The summed E-state index contributed by atoms with van der Waals surface area (Å²) in [5.41, 5.74) is 1.01. The van der Waals surface area contributed by atoms with Crippen molar-refractivity contribution in [3.8, 4) is 0 Å². The predicted molar refractivity (Wildman–Crippen MR) is 63.0 cm³/mol. The molecule has 1 aliphatic heterocycles. The van der Waals surface area contributed by atoms with Crippen LogP contribution in [0.5, 0.6) is 0 Å². The number of rotatable bonds is 2. The van der Waals surface area contributed by atoms with Crippen LogP contribution in [0.3, 0.4) is 0 Å². The highest BCUT2D eigenvalue weighted by Gasteiger charge is 2.30. The lowest BCUT2D eigenvalue weighted by Gasteiger charge is -2.39. The average molecular weight is 231 g/mol. The molecule has 0 aliphatic carbocycles. The van der Waals surface area contributed by atoms with Crippen molar-refractivity contribution in [2.45, 2.75) is 5.92 Å². The van der Waals surface area contributed by atoms with E-state index in [1.807, 2.05) is 0 Å². The highest BCUT2D eigenvalue weighted by atomic mass is 16.1. The molecule has 88 valence electrons. The molecule has 0 radical (unpaired) electrons. The second kappa shape index (κ2) is 3.73.